The number of aryl methyl sites for hydroxylation is 2. The molecule has 1 aromatic heterocycles. The molecule has 2 N–H and O–H groups in total. The summed E-state index contributed by atoms with van der Waals surface area (Å²) >= 11 is 0. The second kappa shape index (κ2) is 6.39. The Labute approximate surface area is 144 Å². The molecular formula is C17H19N5O3. The summed E-state index contributed by atoms with van der Waals surface area (Å²) < 4.78 is 1.58. The molecule has 0 aliphatic carbocycles. The second-order valence-corrected chi connectivity index (χ2v) is 5.88. The van der Waals surface area contributed by atoms with Crippen LogP contribution in [0.15, 0.2) is 24.3 Å². The molecular weight excluding hydrogens is 322 g/mol. The van der Waals surface area contributed by atoms with Gasteiger partial charge in [0.15, 0.2) is 0 Å². The summed E-state index contributed by atoms with van der Waals surface area (Å²) in [6.45, 7) is 4.65. The highest BCUT2D eigenvalue weighted by atomic mass is 16.2. The van der Waals surface area contributed by atoms with Gasteiger partial charge in [0.05, 0.1) is 11.3 Å². The number of rotatable bonds is 4. The van der Waals surface area contributed by atoms with E-state index in [9.17, 15) is 14.4 Å². The predicted molar refractivity (Wildman–Crippen MR) is 92.8 cm³/mol. The number of hydrogen-bond donors (Lipinski definition) is 2. The molecule has 8 nitrogen and oxygen atoms in total. The fourth-order valence-corrected chi connectivity index (χ4v) is 2.85. The van der Waals surface area contributed by atoms with Gasteiger partial charge in [-0.15, -0.1) is 0 Å². The fraction of sp³-hybridized carbons (Fsp3) is 0.294. The van der Waals surface area contributed by atoms with E-state index in [2.05, 4.69) is 15.7 Å². The number of urea groups is 1. The molecule has 130 valence electrons. The molecule has 8 heteroatoms. The van der Waals surface area contributed by atoms with Gasteiger partial charge in [0.25, 0.3) is 11.7 Å². The molecule has 1 aliphatic rings. The van der Waals surface area contributed by atoms with Gasteiger partial charge in [-0.25, -0.2) is 4.79 Å². The number of nitrogens with zero attached hydrogens (tertiary/aromatic N) is 3. The van der Waals surface area contributed by atoms with Crippen LogP contribution in [0.25, 0.3) is 0 Å². The van der Waals surface area contributed by atoms with E-state index in [0.717, 1.165) is 5.69 Å². The van der Waals surface area contributed by atoms with Crippen molar-refractivity contribution in [1.82, 2.24) is 15.1 Å². The van der Waals surface area contributed by atoms with Gasteiger partial charge in [-0.05, 0) is 38.1 Å². The second-order valence-electron chi connectivity index (χ2n) is 5.88. The lowest BCUT2D eigenvalue weighted by Gasteiger charge is -2.14. The predicted octanol–water partition coefficient (Wildman–Crippen LogP) is 1.39. The molecule has 0 saturated carbocycles. The maximum Gasteiger partial charge on any atom is 0.321 e. The number of carbonyl (C=O) groups is 3. The number of amides is 3. The van der Waals surface area contributed by atoms with Crippen molar-refractivity contribution in [3.63, 3.8) is 0 Å². The third-order valence-corrected chi connectivity index (χ3v) is 4.24. The molecule has 25 heavy (non-hydrogen) atoms. The van der Waals surface area contributed by atoms with Crippen LogP contribution >= 0.6 is 0 Å². The monoisotopic (exact) mass is 341 g/mol. The quantitative estimate of drug-likeness (QED) is 0.649. The molecule has 3 amide bonds. The van der Waals surface area contributed by atoms with Crippen LogP contribution in [0.1, 0.15) is 21.7 Å². The van der Waals surface area contributed by atoms with Gasteiger partial charge < -0.3 is 10.6 Å². The Bertz CT molecular complexity index is 854. The normalized spacial score (nSPS) is 13.7. The van der Waals surface area contributed by atoms with Crippen molar-refractivity contribution >= 4 is 29.1 Å². The third kappa shape index (κ3) is 3.10. The van der Waals surface area contributed by atoms with Crippen molar-refractivity contribution < 1.29 is 14.4 Å². The Hall–Kier alpha value is -3.16. The number of carbonyl (C=O) groups excluding carboxylic acids is 3. The number of Topliss-reactive ketones (excluding diaryl/α,β-unsaturated/α-hetero) is 1. The molecule has 2 aromatic rings. The third-order valence-electron chi connectivity index (χ3n) is 4.24. The summed E-state index contributed by atoms with van der Waals surface area (Å²) in [5.41, 5.74) is 2.72. The van der Waals surface area contributed by atoms with Crippen LogP contribution in [0.2, 0.25) is 0 Å². The molecule has 0 atom stereocenters. The first-order valence-electron chi connectivity index (χ1n) is 7.90. The minimum absolute atomic E-state index is 0.144. The zero-order chi connectivity index (χ0) is 18.1. The number of anilines is 2. The van der Waals surface area contributed by atoms with E-state index in [-0.39, 0.29) is 6.03 Å². The van der Waals surface area contributed by atoms with Crippen LogP contribution in [0, 0.1) is 13.8 Å². The molecule has 2 heterocycles. The maximum atomic E-state index is 12.4. The van der Waals surface area contributed by atoms with Gasteiger partial charge in [-0.2, -0.15) is 5.10 Å². The van der Waals surface area contributed by atoms with Crippen LogP contribution < -0.4 is 15.5 Å². The van der Waals surface area contributed by atoms with Gasteiger partial charge >= 0.3 is 6.03 Å². The van der Waals surface area contributed by atoms with Gasteiger partial charge in [-0.1, -0.05) is 0 Å². The molecule has 3 rings (SSSR count). The van der Waals surface area contributed by atoms with E-state index in [1.807, 2.05) is 0 Å². The first-order valence-corrected chi connectivity index (χ1v) is 7.90. The number of benzene rings is 1. The minimum atomic E-state index is -0.717. The summed E-state index contributed by atoms with van der Waals surface area (Å²) in [4.78, 5) is 37.9. The van der Waals surface area contributed by atoms with Crippen LogP contribution in [-0.2, 0) is 11.8 Å². The van der Waals surface area contributed by atoms with Gasteiger partial charge in [0.1, 0.15) is 0 Å². The van der Waals surface area contributed by atoms with Gasteiger partial charge in [0, 0.05) is 37.2 Å². The summed E-state index contributed by atoms with van der Waals surface area (Å²) in [5, 5.41) is 9.47. The number of nitrogens with one attached hydrogen (secondary N) is 2. The van der Waals surface area contributed by atoms with E-state index < -0.39 is 11.7 Å². The van der Waals surface area contributed by atoms with Crippen LogP contribution in [-0.4, -0.2) is 40.6 Å². The summed E-state index contributed by atoms with van der Waals surface area (Å²) in [5.74, 6) is -1.34. The fourth-order valence-electron chi connectivity index (χ4n) is 2.85. The minimum Gasteiger partial charge on any atom is -0.336 e. The smallest absolute Gasteiger partial charge is 0.321 e. The molecule has 1 fully saturated rings. The highest BCUT2D eigenvalue weighted by Crippen LogP contribution is 2.20. The highest BCUT2D eigenvalue weighted by Gasteiger charge is 2.24. The van der Waals surface area contributed by atoms with Crippen molar-refractivity contribution in [3.8, 4) is 0 Å². The molecule has 0 radical (unpaired) electrons. The van der Waals surface area contributed by atoms with Crippen molar-refractivity contribution in [2.24, 2.45) is 7.05 Å². The molecule has 1 saturated heterocycles. The van der Waals surface area contributed by atoms with Gasteiger partial charge in [0.2, 0.25) is 0 Å². The van der Waals surface area contributed by atoms with E-state index in [1.165, 1.54) is 0 Å². The first-order chi connectivity index (χ1) is 11.9. The Morgan fingerprint density at radius 3 is 2.40 bits per heavy atom. The topological polar surface area (TPSA) is 96.3 Å². The number of ketones is 1. The number of hydrogen-bond acceptors (Lipinski definition) is 4. The lowest BCUT2D eigenvalue weighted by atomic mass is 10.1. The standard InChI is InChI=1S/C17H19N5O3/c1-10-14(11(2)21(3)20-10)15(23)16(24)19-12-4-6-13(7-5-12)22-9-8-18-17(22)25/h4-7H,8-9H2,1-3H3,(H,18,25)(H,19,24). The lowest BCUT2D eigenvalue weighted by Crippen LogP contribution is -2.27. The van der Waals surface area contributed by atoms with Crippen molar-refractivity contribution in [3.05, 3.63) is 41.2 Å². The van der Waals surface area contributed by atoms with Crippen molar-refractivity contribution in [2.45, 2.75) is 13.8 Å². The Balaban J connectivity index is 1.72. The summed E-state index contributed by atoms with van der Waals surface area (Å²) in [6, 6.07) is 6.64. The van der Waals surface area contributed by atoms with E-state index in [1.54, 1.807) is 54.7 Å². The summed E-state index contributed by atoms with van der Waals surface area (Å²) in [6.07, 6.45) is 0. The highest BCUT2D eigenvalue weighted by molar-refractivity contribution is 6.47. The largest absolute Gasteiger partial charge is 0.336 e. The van der Waals surface area contributed by atoms with Gasteiger partial charge in [-0.3, -0.25) is 19.2 Å². The SMILES string of the molecule is Cc1nn(C)c(C)c1C(=O)C(=O)Nc1ccc(N2CCNC2=O)cc1. The molecule has 0 bridgehead atoms. The Morgan fingerprint density at radius 1 is 1.20 bits per heavy atom. The molecule has 0 unspecified atom stereocenters. The van der Waals surface area contributed by atoms with Crippen molar-refractivity contribution in [1.29, 1.82) is 0 Å². The number of aromatic nitrogens is 2. The molecule has 1 aromatic carbocycles. The van der Waals surface area contributed by atoms with E-state index >= 15 is 0 Å². The lowest BCUT2D eigenvalue weighted by molar-refractivity contribution is -0.112. The van der Waals surface area contributed by atoms with E-state index in [4.69, 9.17) is 0 Å². The molecule has 1 aliphatic heterocycles. The first kappa shape index (κ1) is 16.7. The molecule has 0 spiro atoms. The van der Waals surface area contributed by atoms with Crippen molar-refractivity contribution in [2.75, 3.05) is 23.3 Å². The average molecular weight is 341 g/mol. The zero-order valence-corrected chi connectivity index (χ0v) is 14.3. The Kier molecular flexibility index (Phi) is 4.26. The van der Waals surface area contributed by atoms with Crippen LogP contribution in [0.5, 0.6) is 0 Å². The zero-order valence-electron chi connectivity index (χ0n) is 14.3. The average Bonchev–Trinajstić information content (AvgIpc) is 3.11. The van der Waals surface area contributed by atoms with Crippen LogP contribution in [0.3, 0.4) is 0 Å². The Morgan fingerprint density at radius 2 is 1.88 bits per heavy atom. The van der Waals surface area contributed by atoms with Crippen LogP contribution in [0.4, 0.5) is 16.2 Å². The maximum absolute atomic E-state index is 12.4. The summed E-state index contributed by atoms with van der Waals surface area (Å²) in [7, 11) is 1.73. The van der Waals surface area contributed by atoms with E-state index in [0.29, 0.717) is 35.7 Å².